The van der Waals surface area contributed by atoms with Crippen LogP contribution < -0.4 is 11.5 Å². The first kappa shape index (κ1) is 10.2. The summed E-state index contributed by atoms with van der Waals surface area (Å²) in [6.07, 6.45) is 0. The van der Waals surface area contributed by atoms with E-state index in [2.05, 4.69) is 32.9 Å². The molecule has 0 saturated carbocycles. The Hall–Kier alpha value is -0.860. The van der Waals surface area contributed by atoms with Crippen LogP contribution in [-0.4, -0.2) is 6.54 Å². The van der Waals surface area contributed by atoms with E-state index in [1.807, 2.05) is 0 Å². The Bertz CT molecular complexity index is 305. The summed E-state index contributed by atoms with van der Waals surface area (Å²) in [6.45, 7) is 6.79. The van der Waals surface area contributed by atoms with Crippen LogP contribution in [0.4, 0.5) is 0 Å². The second-order valence-electron chi connectivity index (χ2n) is 3.64. The molecule has 1 unspecified atom stereocenters. The zero-order valence-corrected chi connectivity index (χ0v) is 8.59. The minimum Gasteiger partial charge on any atom is -0.329 e. The fourth-order valence-corrected chi connectivity index (χ4v) is 1.51. The Balaban J connectivity index is 3.15. The first-order valence-corrected chi connectivity index (χ1v) is 4.59. The van der Waals surface area contributed by atoms with E-state index in [1.165, 1.54) is 22.3 Å². The van der Waals surface area contributed by atoms with Crippen molar-refractivity contribution in [3.05, 3.63) is 34.4 Å². The molecular formula is C11H18N2. The van der Waals surface area contributed by atoms with Crippen LogP contribution in [0.2, 0.25) is 0 Å². The summed E-state index contributed by atoms with van der Waals surface area (Å²) >= 11 is 0. The largest absolute Gasteiger partial charge is 0.329 e. The summed E-state index contributed by atoms with van der Waals surface area (Å²) in [5.41, 5.74) is 16.4. The zero-order chi connectivity index (χ0) is 10.0. The maximum atomic E-state index is 5.89. The molecule has 1 aromatic carbocycles. The van der Waals surface area contributed by atoms with Crippen molar-refractivity contribution < 1.29 is 0 Å². The summed E-state index contributed by atoms with van der Waals surface area (Å²) in [5.74, 6) is 0. The molecule has 0 amide bonds. The molecule has 0 aromatic heterocycles. The van der Waals surface area contributed by atoms with Crippen LogP contribution in [0.3, 0.4) is 0 Å². The van der Waals surface area contributed by atoms with Gasteiger partial charge in [-0.3, -0.25) is 0 Å². The van der Waals surface area contributed by atoms with Gasteiger partial charge in [0.25, 0.3) is 0 Å². The highest BCUT2D eigenvalue weighted by atomic mass is 14.7. The first-order valence-electron chi connectivity index (χ1n) is 4.59. The van der Waals surface area contributed by atoms with Gasteiger partial charge in [-0.15, -0.1) is 0 Å². The monoisotopic (exact) mass is 178 g/mol. The minimum absolute atomic E-state index is 0.0284. The third-order valence-electron chi connectivity index (χ3n) is 2.54. The molecule has 0 radical (unpaired) electrons. The molecule has 13 heavy (non-hydrogen) atoms. The van der Waals surface area contributed by atoms with Crippen molar-refractivity contribution in [3.63, 3.8) is 0 Å². The Morgan fingerprint density at radius 1 is 1.08 bits per heavy atom. The van der Waals surface area contributed by atoms with E-state index in [-0.39, 0.29) is 6.04 Å². The van der Waals surface area contributed by atoms with Gasteiger partial charge in [0.2, 0.25) is 0 Å². The molecule has 0 bridgehead atoms. The van der Waals surface area contributed by atoms with Gasteiger partial charge < -0.3 is 11.5 Å². The molecule has 0 aliphatic carbocycles. The lowest BCUT2D eigenvalue weighted by atomic mass is 9.96. The van der Waals surface area contributed by atoms with Gasteiger partial charge in [0.1, 0.15) is 0 Å². The maximum absolute atomic E-state index is 5.89. The Morgan fingerprint density at radius 2 is 1.62 bits per heavy atom. The maximum Gasteiger partial charge on any atom is 0.0422 e. The predicted molar refractivity (Wildman–Crippen MR) is 56.6 cm³/mol. The van der Waals surface area contributed by atoms with E-state index in [9.17, 15) is 0 Å². The number of hydrogen-bond donors (Lipinski definition) is 2. The molecular weight excluding hydrogens is 160 g/mol. The number of aryl methyl sites for hydroxylation is 3. The highest BCUT2D eigenvalue weighted by Crippen LogP contribution is 2.19. The van der Waals surface area contributed by atoms with Gasteiger partial charge in [-0.05, 0) is 43.0 Å². The molecule has 4 N–H and O–H groups in total. The van der Waals surface area contributed by atoms with Gasteiger partial charge >= 0.3 is 0 Å². The normalized spacial score (nSPS) is 13.0. The van der Waals surface area contributed by atoms with Gasteiger partial charge in [-0.2, -0.15) is 0 Å². The molecule has 1 aromatic rings. The molecule has 1 atom stereocenters. The lowest BCUT2D eigenvalue weighted by molar-refractivity contribution is 0.730. The molecule has 0 aliphatic rings. The summed E-state index contributed by atoms with van der Waals surface area (Å²) in [5, 5.41) is 0. The van der Waals surface area contributed by atoms with Crippen molar-refractivity contribution in [2.24, 2.45) is 11.5 Å². The van der Waals surface area contributed by atoms with Crippen LogP contribution in [0, 0.1) is 20.8 Å². The van der Waals surface area contributed by atoms with Crippen LogP contribution in [0.15, 0.2) is 12.1 Å². The van der Waals surface area contributed by atoms with Crippen LogP contribution in [0.1, 0.15) is 28.3 Å². The van der Waals surface area contributed by atoms with Gasteiger partial charge in [-0.25, -0.2) is 0 Å². The second kappa shape index (κ2) is 3.90. The zero-order valence-electron chi connectivity index (χ0n) is 8.59. The number of nitrogens with two attached hydrogens (primary N) is 2. The fourth-order valence-electron chi connectivity index (χ4n) is 1.51. The standard InChI is InChI=1S/C11H18N2/c1-7-4-9(3)10(5-8(7)2)11(13)6-12/h4-5,11H,6,12-13H2,1-3H3. The van der Waals surface area contributed by atoms with E-state index in [0.29, 0.717) is 6.54 Å². The van der Waals surface area contributed by atoms with Crippen molar-refractivity contribution in [2.45, 2.75) is 26.8 Å². The van der Waals surface area contributed by atoms with Crippen LogP contribution in [0.5, 0.6) is 0 Å². The van der Waals surface area contributed by atoms with Gasteiger partial charge in [-0.1, -0.05) is 12.1 Å². The topological polar surface area (TPSA) is 52.0 Å². The minimum atomic E-state index is -0.0284. The first-order chi connectivity index (χ1) is 6.06. The molecule has 0 heterocycles. The molecule has 72 valence electrons. The lowest BCUT2D eigenvalue weighted by Crippen LogP contribution is -2.21. The van der Waals surface area contributed by atoms with E-state index >= 15 is 0 Å². The molecule has 0 spiro atoms. The quantitative estimate of drug-likeness (QED) is 0.722. The molecule has 1 rings (SSSR count). The Labute approximate surface area is 79.9 Å². The number of rotatable bonds is 2. The summed E-state index contributed by atoms with van der Waals surface area (Å²) in [4.78, 5) is 0. The molecule has 2 heteroatoms. The summed E-state index contributed by atoms with van der Waals surface area (Å²) in [7, 11) is 0. The summed E-state index contributed by atoms with van der Waals surface area (Å²) in [6, 6.07) is 4.28. The van der Waals surface area contributed by atoms with Crippen molar-refractivity contribution in [1.29, 1.82) is 0 Å². The van der Waals surface area contributed by atoms with Gasteiger partial charge in [0.05, 0.1) is 0 Å². The van der Waals surface area contributed by atoms with Crippen LogP contribution in [0.25, 0.3) is 0 Å². The van der Waals surface area contributed by atoms with E-state index in [0.717, 1.165) is 0 Å². The van der Waals surface area contributed by atoms with Gasteiger partial charge in [0, 0.05) is 12.6 Å². The highest BCUT2D eigenvalue weighted by molar-refractivity contribution is 5.38. The molecule has 0 saturated heterocycles. The molecule has 0 fully saturated rings. The van der Waals surface area contributed by atoms with Crippen molar-refractivity contribution >= 4 is 0 Å². The SMILES string of the molecule is Cc1cc(C)c(C(N)CN)cc1C. The van der Waals surface area contributed by atoms with Crippen molar-refractivity contribution in [2.75, 3.05) is 6.54 Å². The van der Waals surface area contributed by atoms with Crippen molar-refractivity contribution in [1.82, 2.24) is 0 Å². The lowest BCUT2D eigenvalue weighted by Gasteiger charge is -2.14. The molecule has 0 aliphatic heterocycles. The fraction of sp³-hybridized carbons (Fsp3) is 0.455. The third-order valence-corrected chi connectivity index (χ3v) is 2.54. The predicted octanol–water partition coefficient (Wildman–Crippen LogP) is 1.57. The van der Waals surface area contributed by atoms with Crippen LogP contribution >= 0.6 is 0 Å². The Morgan fingerprint density at radius 3 is 2.15 bits per heavy atom. The van der Waals surface area contributed by atoms with E-state index in [1.54, 1.807) is 0 Å². The van der Waals surface area contributed by atoms with Crippen LogP contribution in [-0.2, 0) is 0 Å². The number of hydrogen-bond acceptors (Lipinski definition) is 2. The third kappa shape index (κ3) is 2.08. The highest BCUT2D eigenvalue weighted by Gasteiger charge is 2.08. The summed E-state index contributed by atoms with van der Waals surface area (Å²) < 4.78 is 0. The number of benzene rings is 1. The molecule has 2 nitrogen and oxygen atoms in total. The average molecular weight is 178 g/mol. The van der Waals surface area contributed by atoms with E-state index in [4.69, 9.17) is 11.5 Å². The van der Waals surface area contributed by atoms with Gasteiger partial charge in [0.15, 0.2) is 0 Å². The van der Waals surface area contributed by atoms with Crippen molar-refractivity contribution in [3.8, 4) is 0 Å². The smallest absolute Gasteiger partial charge is 0.0422 e. The van der Waals surface area contributed by atoms with E-state index < -0.39 is 0 Å². The Kier molecular flexibility index (Phi) is 3.07. The second-order valence-corrected chi connectivity index (χ2v) is 3.64. The average Bonchev–Trinajstić information content (AvgIpc) is 2.10.